The molecule has 1 amide bonds. The zero-order chi connectivity index (χ0) is 36.2. The van der Waals surface area contributed by atoms with E-state index in [-0.39, 0.29) is 22.3 Å². The first-order chi connectivity index (χ1) is 24.4. The number of hydrogen-bond acceptors (Lipinski definition) is 9. The lowest BCUT2D eigenvalue weighted by molar-refractivity contribution is -0.131. The van der Waals surface area contributed by atoms with Gasteiger partial charge in [0.2, 0.25) is 0 Å². The molecular formula is C35H29Cl2F4N7O3. The molecule has 0 saturated heterocycles. The molecule has 0 atom stereocenters. The van der Waals surface area contributed by atoms with Gasteiger partial charge in [0.25, 0.3) is 17.7 Å². The highest BCUT2D eigenvalue weighted by atomic mass is 35.5. The van der Waals surface area contributed by atoms with Gasteiger partial charge in [-0.3, -0.25) is 9.59 Å². The van der Waals surface area contributed by atoms with Gasteiger partial charge in [0.15, 0.2) is 5.78 Å². The Kier molecular flexibility index (Phi) is 10.7. The molecule has 0 aliphatic heterocycles. The van der Waals surface area contributed by atoms with Crippen LogP contribution in [0.3, 0.4) is 0 Å². The smallest absolute Gasteiger partial charge is 0.315 e. The van der Waals surface area contributed by atoms with Gasteiger partial charge in [0, 0.05) is 58.5 Å². The van der Waals surface area contributed by atoms with E-state index < -0.39 is 37.0 Å². The van der Waals surface area contributed by atoms with Crippen molar-refractivity contribution in [1.29, 1.82) is 0 Å². The maximum absolute atomic E-state index is 12.5. The third-order valence-electron chi connectivity index (χ3n) is 8.84. The number of alkyl halides is 4. The molecule has 0 unspecified atom stereocenters. The molecular weight excluding hydrogens is 713 g/mol. The average molecular weight is 743 g/mol. The van der Waals surface area contributed by atoms with Crippen LogP contribution in [0.5, 0.6) is 0 Å². The SMILES string of the molecule is FC(F)c1nnc(-c2cnc(CC3(c4ccc(Cl)cc4)CC3)nc2)o1.O=C(CNC(=O)C(F)F)c1cnc(CC2(c3ccc(Cl)cc3)CC2)nc1. The van der Waals surface area contributed by atoms with Crippen LogP contribution in [0.4, 0.5) is 17.6 Å². The van der Waals surface area contributed by atoms with Gasteiger partial charge >= 0.3 is 12.9 Å². The summed E-state index contributed by atoms with van der Waals surface area (Å²) in [6.07, 6.45) is 5.35. The fourth-order valence-electron chi connectivity index (χ4n) is 5.58. The van der Waals surface area contributed by atoms with Crippen molar-refractivity contribution in [2.45, 2.75) is 62.2 Å². The predicted octanol–water partition coefficient (Wildman–Crippen LogP) is 7.36. The number of nitrogens with one attached hydrogen (secondary N) is 1. The Hall–Kier alpha value is -4.82. The second-order valence-corrected chi connectivity index (χ2v) is 13.3. The second-order valence-electron chi connectivity index (χ2n) is 12.4. The molecule has 0 spiro atoms. The van der Waals surface area contributed by atoms with E-state index in [4.69, 9.17) is 27.6 Å². The van der Waals surface area contributed by atoms with Crippen LogP contribution in [-0.4, -0.2) is 54.8 Å². The summed E-state index contributed by atoms with van der Waals surface area (Å²) in [4.78, 5) is 39.8. The predicted molar refractivity (Wildman–Crippen MR) is 178 cm³/mol. The summed E-state index contributed by atoms with van der Waals surface area (Å²) < 4.78 is 54.1. The molecule has 51 heavy (non-hydrogen) atoms. The van der Waals surface area contributed by atoms with Gasteiger partial charge < -0.3 is 9.73 Å². The van der Waals surface area contributed by atoms with E-state index in [0.717, 1.165) is 25.7 Å². The number of carbonyl (C=O) groups is 2. The summed E-state index contributed by atoms with van der Waals surface area (Å²) >= 11 is 11.9. The van der Waals surface area contributed by atoms with E-state index in [2.05, 4.69) is 30.1 Å². The first kappa shape index (κ1) is 36.0. The van der Waals surface area contributed by atoms with Crippen LogP contribution >= 0.6 is 23.2 Å². The van der Waals surface area contributed by atoms with Gasteiger partial charge in [0.05, 0.1) is 17.7 Å². The van der Waals surface area contributed by atoms with Crippen molar-refractivity contribution in [2.75, 3.05) is 6.54 Å². The van der Waals surface area contributed by atoms with Crippen molar-refractivity contribution in [3.8, 4) is 11.5 Å². The lowest BCUT2D eigenvalue weighted by Gasteiger charge is -2.15. The van der Waals surface area contributed by atoms with Crippen LogP contribution in [0, 0.1) is 0 Å². The molecule has 5 aromatic rings. The van der Waals surface area contributed by atoms with E-state index in [1.807, 2.05) is 53.8 Å². The Morgan fingerprint density at radius 1 is 0.725 bits per heavy atom. The van der Waals surface area contributed by atoms with Crippen molar-refractivity contribution in [1.82, 2.24) is 35.5 Å². The molecule has 2 aliphatic carbocycles. The van der Waals surface area contributed by atoms with Gasteiger partial charge in [-0.05, 0) is 61.1 Å². The molecule has 10 nitrogen and oxygen atoms in total. The topological polar surface area (TPSA) is 137 Å². The molecule has 2 saturated carbocycles. The zero-order valence-electron chi connectivity index (χ0n) is 26.7. The number of ketones is 1. The summed E-state index contributed by atoms with van der Waals surface area (Å²) in [6, 6.07) is 15.6. The third-order valence-corrected chi connectivity index (χ3v) is 9.35. The van der Waals surface area contributed by atoms with Gasteiger partial charge in [-0.25, -0.2) is 19.9 Å². The summed E-state index contributed by atoms with van der Waals surface area (Å²) in [5.74, 6) is -1.44. The molecule has 2 fully saturated rings. The van der Waals surface area contributed by atoms with Crippen LogP contribution in [0.25, 0.3) is 11.5 Å². The van der Waals surface area contributed by atoms with Crippen molar-refractivity contribution >= 4 is 34.9 Å². The molecule has 3 heterocycles. The minimum Gasteiger partial charge on any atom is -0.415 e. The fraction of sp³-hybridized carbons (Fsp3) is 0.314. The van der Waals surface area contributed by atoms with Crippen LogP contribution < -0.4 is 5.32 Å². The molecule has 2 aliphatic rings. The number of aromatic nitrogens is 6. The number of Topliss-reactive ketones (excluding diaryl/α,β-unsaturated/α-hetero) is 1. The van der Waals surface area contributed by atoms with Crippen LogP contribution in [0.2, 0.25) is 10.0 Å². The molecule has 1 N–H and O–H groups in total. The van der Waals surface area contributed by atoms with E-state index in [1.165, 1.54) is 35.9 Å². The quantitative estimate of drug-likeness (QED) is 0.103. The largest absolute Gasteiger partial charge is 0.415 e. The minimum atomic E-state index is -3.15. The maximum Gasteiger partial charge on any atom is 0.315 e. The Balaban J connectivity index is 0.000000176. The summed E-state index contributed by atoms with van der Waals surface area (Å²) in [5.41, 5.74) is 3.04. The highest BCUT2D eigenvalue weighted by molar-refractivity contribution is 6.30. The summed E-state index contributed by atoms with van der Waals surface area (Å²) in [5, 5.41) is 10.1. The molecule has 7 rings (SSSR count). The Bertz CT molecular complexity index is 1970. The zero-order valence-corrected chi connectivity index (χ0v) is 28.2. The normalized spacial score (nSPS) is 15.2. The first-order valence-corrected chi connectivity index (χ1v) is 16.6. The van der Waals surface area contributed by atoms with E-state index >= 15 is 0 Å². The number of halogens is 6. The summed E-state index contributed by atoms with van der Waals surface area (Å²) in [7, 11) is 0. The van der Waals surface area contributed by atoms with Crippen LogP contribution in [0.15, 0.2) is 77.7 Å². The molecule has 0 radical (unpaired) electrons. The maximum atomic E-state index is 12.5. The van der Waals surface area contributed by atoms with Crippen LogP contribution in [-0.2, 0) is 28.5 Å². The Morgan fingerprint density at radius 2 is 1.20 bits per heavy atom. The summed E-state index contributed by atoms with van der Waals surface area (Å²) in [6.45, 7) is -0.513. The molecule has 3 aromatic heterocycles. The average Bonchev–Trinajstić information content (AvgIpc) is 4.04. The van der Waals surface area contributed by atoms with Crippen molar-refractivity contribution < 1.29 is 31.6 Å². The number of nitrogens with zero attached hydrogens (tertiary/aromatic N) is 6. The molecule has 2 aromatic carbocycles. The van der Waals surface area contributed by atoms with Crippen molar-refractivity contribution in [2.24, 2.45) is 0 Å². The van der Waals surface area contributed by atoms with Crippen molar-refractivity contribution in [3.63, 3.8) is 0 Å². The molecule has 16 heteroatoms. The molecule has 264 valence electrons. The Morgan fingerprint density at radius 3 is 1.61 bits per heavy atom. The van der Waals surface area contributed by atoms with Gasteiger partial charge in [-0.1, -0.05) is 47.5 Å². The Labute approximate surface area is 299 Å². The molecule has 0 bridgehead atoms. The monoisotopic (exact) mass is 741 g/mol. The van der Waals surface area contributed by atoms with Gasteiger partial charge in [-0.15, -0.1) is 10.2 Å². The lowest BCUT2D eigenvalue weighted by atomic mass is 9.92. The third kappa shape index (κ3) is 8.92. The lowest BCUT2D eigenvalue weighted by Crippen LogP contribution is -2.34. The number of rotatable bonds is 12. The van der Waals surface area contributed by atoms with E-state index in [9.17, 15) is 27.2 Å². The highest BCUT2D eigenvalue weighted by Gasteiger charge is 2.45. The standard InChI is InChI=1S/C18H16ClF2N3O2.C17H13ClF2N4O/c19-13-3-1-12(2-4-13)18(5-6-18)7-15-22-8-11(9-23-15)14(25)10-24-17(26)16(20)21;18-12-3-1-11(2-4-12)17(5-6-17)7-13-21-8-10(9-22-13)15-23-24-16(25-15)14(19)20/h1-4,8-9,16H,5-7,10H2,(H,24,26);1-4,8-9,14H,5-7H2. The van der Waals surface area contributed by atoms with Crippen LogP contribution in [0.1, 0.15) is 71.1 Å². The number of amides is 1. The van der Waals surface area contributed by atoms with Gasteiger partial charge in [0.1, 0.15) is 11.6 Å². The number of hydrogen-bond donors (Lipinski definition) is 1. The van der Waals surface area contributed by atoms with Gasteiger partial charge in [-0.2, -0.15) is 17.6 Å². The number of benzene rings is 2. The van der Waals surface area contributed by atoms with Crippen molar-refractivity contribution in [3.05, 3.63) is 118 Å². The van der Waals surface area contributed by atoms with E-state index in [1.54, 1.807) is 0 Å². The first-order valence-electron chi connectivity index (χ1n) is 15.8. The number of carbonyl (C=O) groups excluding carboxylic acids is 2. The fourth-order valence-corrected chi connectivity index (χ4v) is 5.83. The minimum absolute atomic E-state index is 0.00134. The van der Waals surface area contributed by atoms with E-state index in [0.29, 0.717) is 40.1 Å². The highest BCUT2D eigenvalue weighted by Crippen LogP contribution is 2.51. The second kappa shape index (κ2) is 15.2.